The van der Waals surface area contributed by atoms with Gasteiger partial charge in [-0.1, -0.05) is 132 Å². The third-order valence-electron chi connectivity index (χ3n) is 16.5. The van der Waals surface area contributed by atoms with Crippen LogP contribution in [0.3, 0.4) is 0 Å². The number of rotatable bonds is 4. The zero-order valence-corrected chi connectivity index (χ0v) is 42.1. The molecule has 0 atom stereocenters. The molecule has 0 spiro atoms. The van der Waals surface area contributed by atoms with E-state index < -0.39 is 0 Å². The van der Waals surface area contributed by atoms with E-state index in [1.807, 2.05) is 36.4 Å². The summed E-state index contributed by atoms with van der Waals surface area (Å²) in [6, 6.07) is 75.0. The van der Waals surface area contributed by atoms with Crippen molar-refractivity contribution in [3.63, 3.8) is 0 Å². The Hall–Kier alpha value is -10.8. The second kappa shape index (κ2) is 15.4. The Morgan fingerprint density at radius 2 is 0.692 bits per heavy atom. The molecule has 0 unspecified atom stereocenters. The van der Waals surface area contributed by atoms with Crippen LogP contribution in [0, 0.1) is 31.8 Å². The maximum Gasteiger partial charge on any atom is 0.237 e. The van der Waals surface area contributed by atoms with Gasteiger partial charge >= 0.3 is 0 Å². The number of benzene rings is 11. The van der Waals surface area contributed by atoms with Gasteiger partial charge in [0, 0.05) is 76.8 Å². The Morgan fingerprint density at radius 1 is 0.333 bits per heavy atom. The molecular weight excluding hydrogens is 957 g/mol. The van der Waals surface area contributed by atoms with E-state index in [9.17, 15) is 11.8 Å². The molecule has 0 saturated heterocycles. The Morgan fingerprint density at radius 3 is 1.13 bits per heavy atom. The van der Waals surface area contributed by atoms with E-state index in [0.29, 0.717) is 34.0 Å². The summed E-state index contributed by atoms with van der Waals surface area (Å²) in [7, 11) is 0. The van der Waals surface area contributed by atoms with Gasteiger partial charge in [-0.05, 0) is 86.6 Å². The number of para-hydroxylation sites is 6. The molecule has 0 saturated carbocycles. The molecule has 0 aliphatic carbocycles. The number of furan rings is 2. The molecule has 8 heteroatoms. The first-order valence-electron chi connectivity index (χ1n) is 26.2. The summed E-state index contributed by atoms with van der Waals surface area (Å²) in [6.07, 6.45) is 0. The van der Waals surface area contributed by atoms with E-state index in [1.165, 1.54) is 0 Å². The Kier molecular flexibility index (Phi) is 8.40. The second-order valence-corrected chi connectivity index (χ2v) is 20.7. The lowest BCUT2D eigenvalue weighted by Gasteiger charge is -2.27. The zero-order valence-electron chi connectivity index (χ0n) is 42.1. The van der Waals surface area contributed by atoms with Gasteiger partial charge in [-0.3, -0.25) is 0 Å². The van der Waals surface area contributed by atoms with Crippen LogP contribution in [0.1, 0.15) is 16.7 Å². The fourth-order valence-electron chi connectivity index (χ4n) is 13.3. The molecule has 78 heavy (non-hydrogen) atoms. The first-order valence-corrected chi connectivity index (χ1v) is 26.2. The number of hydrogen-bond acceptors (Lipinski definition) is 3. The Labute approximate surface area is 444 Å². The first-order chi connectivity index (χ1) is 38.4. The van der Waals surface area contributed by atoms with Crippen LogP contribution in [-0.2, 0) is 0 Å². The van der Waals surface area contributed by atoms with E-state index in [2.05, 4.69) is 208 Å². The van der Waals surface area contributed by atoms with E-state index in [0.717, 1.165) is 142 Å². The highest BCUT2D eigenvalue weighted by molar-refractivity contribution is 6.21. The van der Waals surface area contributed by atoms with Crippen LogP contribution in [-0.4, -0.2) is 18.3 Å². The van der Waals surface area contributed by atoms with Crippen molar-refractivity contribution in [2.75, 3.05) is 0 Å². The van der Waals surface area contributed by atoms with Crippen molar-refractivity contribution in [3.05, 3.63) is 234 Å². The molecule has 0 amide bonds. The lowest BCUT2D eigenvalue weighted by Crippen LogP contribution is -2.14. The summed E-state index contributed by atoms with van der Waals surface area (Å²) in [5, 5.41) is 24.9. The molecule has 17 rings (SSSR count). The molecule has 0 aliphatic heterocycles. The monoisotopic (exact) mass is 996 g/mol. The van der Waals surface area contributed by atoms with Crippen molar-refractivity contribution in [2.45, 2.75) is 13.8 Å². The highest BCUT2D eigenvalue weighted by atomic mass is 16.3. The standard InChI is InChI=1S/C70H40N6O2/c1-39-28-30-58-47(32-39)49-34-51-45-20-8-14-26-62(45)77-64(51)36-60(49)75(58)68-53(38-71)67(73-54-22-10-4-16-41(54)42-17-5-11-23-55(42)73)66(72-3)69(70(68)74-56-24-12-6-18-43(56)44-19-7-13-25-57(44)74)76-59-31-29-40(2)33-48(59)50-35-52-46-21-9-15-27-63(46)78-65(52)37-61(50)76/h4-37H,1-2H3. The van der Waals surface area contributed by atoms with Crippen LogP contribution in [0.2, 0.25) is 0 Å². The maximum absolute atomic E-state index is 12.6. The molecule has 362 valence electrons. The first kappa shape index (κ1) is 42.5. The lowest BCUT2D eigenvalue weighted by molar-refractivity contribution is 0.669. The van der Waals surface area contributed by atoms with Crippen molar-refractivity contribution in [3.8, 4) is 28.8 Å². The van der Waals surface area contributed by atoms with Crippen molar-refractivity contribution in [1.82, 2.24) is 18.3 Å². The van der Waals surface area contributed by atoms with Crippen molar-refractivity contribution in [2.24, 2.45) is 0 Å². The number of hydrogen-bond donors (Lipinski definition) is 0. The van der Waals surface area contributed by atoms with Gasteiger partial charge < -0.3 is 27.1 Å². The minimum Gasteiger partial charge on any atom is -0.456 e. The van der Waals surface area contributed by atoms with Crippen molar-refractivity contribution >= 4 is 137 Å². The molecule has 0 radical (unpaired) electrons. The minimum atomic E-state index is 0.319. The normalized spacial score (nSPS) is 12.2. The van der Waals surface area contributed by atoms with Gasteiger partial charge in [0.25, 0.3) is 0 Å². The predicted octanol–water partition coefficient (Wildman–Crippen LogP) is 18.9. The Bertz CT molecular complexity index is 5300. The predicted molar refractivity (Wildman–Crippen MR) is 319 cm³/mol. The summed E-state index contributed by atoms with van der Waals surface area (Å²) in [4.78, 5) is 4.78. The number of aryl methyl sites for hydroxylation is 2. The van der Waals surface area contributed by atoms with Gasteiger partial charge in [0.15, 0.2) is 0 Å². The molecule has 6 heterocycles. The van der Waals surface area contributed by atoms with Crippen LogP contribution in [0.15, 0.2) is 215 Å². The van der Waals surface area contributed by atoms with Crippen LogP contribution in [0.5, 0.6) is 0 Å². The van der Waals surface area contributed by atoms with Gasteiger partial charge in [-0.25, -0.2) is 4.85 Å². The van der Waals surface area contributed by atoms with Gasteiger partial charge in [0.05, 0.1) is 79.0 Å². The topological polar surface area (TPSA) is 74.2 Å². The second-order valence-electron chi connectivity index (χ2n) is 20.7. The van der Waals surface area contributed by atoms with Crippen LogP contribution in [0.25, 0.3) is 159 Å². The summed E-state index contributed by atoms with van der Waals surface area (Å²) in [6.45, 7) is 14.1. The molecule has 11 aromatic carbocycles. The number of nitrogens with zero attached hydrogens (tertiary/aromatic N) is 6. The molecular formula is C70H40N6O2. The third-order valence-corrected chi connectivity index (χ3v) is 16.5. The zero-order chi connectivity index (χ0) is 51.7. The fourth-order valence-corrected chi connectivity index (χ4v) is 13.3. The van der Waals surface area contributed by atoms with E-state index in [4.69, 9.17) is 13.7 Å². The van der Waals surface area contributed by atoms with Crippen molar-refractivity contribution in [1.29, 1.82) is 5.26 Å². The molecule has 6 aromatic heterocycles. The SMILES string of the molecule is [C-]#[N+]c1c(-n2c3ccccc3c3ccccc32)c(C#N)c(-n2c3ccc(C)cc3c3cc4c(cc32)oc2ccccc24)c(-n2c3ccccc3c3ccccc32)c1-n1c2ccc(C)cc2c2cc3c(cc21)oc1ccccc13. The molecule has 0 aliphatic rings. The average Bonchev–Trinajstić information content (AvgIpc) is 4.40. The van der Waals surface area contributed by atoms with Crippen LogP contribution in [0.4, 0.5) is 5.69 Å². The van der Waals surface area contributed by atoms with Crippen molar-refractivity contribution < 1.29 is 8.83 Å². The number of aromatic nitrogens is 4. The largest absolute Gasteiger partial charge is 0.456 e. The van der Waals surface area contributed by atoms with Gasteiger partial charge in [0.1, 0.15) is 28.4 Å². The highest BCUT2D eigenvalue weighted by Gasteiger charge is 2.35. The molecule has 0 bridgehead atoms. The molecule has 8 nitrogen and oxygen atoms in total. The minimum absolute atomic E-state index is 0.319. The Balaban J connectivity index is 1.19. The molecule has 0 N–H and O–H groups in total. The van der Waals surface area contributed by atoms with E-state index in [-0.39, 0.29) is 0 Å². The van der Waals surface area contributed by atoms with Gasteiger partial charge in [-0.2, -0.15) is 5.26 Å². The van der Waals surface area contributed by atoms with E-state index >= 15 is 0 Å². The van der Waals surface area contributed by atoms with Crippen LogP contribution < -0.4 is 0 Å². The summed E-state index contributed by atoms with van der Waals surface area (Å²) in [5.41, 5.74) is 15.5. The quantitative estimate of drug-likeness (QED) is 0.165. The number of fused-ring (bicyclic) bond motifs is 18. The average molecular weight is 997 g/mol. The maximum atomic E-state index is 12.6. The van der Waals surface area contributed by atoms with E-state index in [1.54, 1.807) is 0 Å². The fraction of sp³-hybridized carbons (Fsp3) is 0.0286. The summed E-state index contributed by atoms with van der Waals surface area (Å²) in [5.74, 6) is 0. The highest BCUT2D eigenvalue weighted by Crippen LogP contribution is 2.53. The van der Waals surface area contributed by atoms with Gasteiger partial charge in [-0.15, -0.1) is 0 Å². The molecule has 0 fully saturated rings. The lowest BCUT2D eigenvalue weighted by atomic mass is 10.0. The number of nitriles is 1. The van der Waals surface area contributed by atoms with Gasteiger partial charge in [0.2, 0.25) is 5.69 Å². The molecule has 17 aromatic rings. The third kappa shape index (κ3) is 5.49. The smallest absolute Gasteiger partial charge is 0.237 e. The summed E-state index contributed by atoms with van der Waals surface area (Å²) < 4.78 is 22.6. The summed E-state index contributed by atoms with van der Waals surface area (Å²) >= 11 is 0. The van der Waals surface area contributed by atoms with Crippen LogP contribution >= 0.6 is 0 Å².